The van der Waals surface area contributed by atoms with Crippen molar-refractivity contribution in [1.82, 2.24) is 9.55 Å². The first-order chi connectivity index (χ1) is 11.5. The van der Waals surface area contributed by atoms with Gasteiger partial charge in [0.1, 0.15) is 6.54 Å². The minimum absolute atomic E-state index is 0.259. The number of hydrogen-bond acceptors (Lipinski definition) is 6. The maximum Gasteiger partial charge on any atom is 0.326 e. The van der Waals surface area contributed by atoms with Crippen molar-refractivity contribution in [3.63, 3.8) is 0 Å². The van der Waals surface area contributed by atoms with Gasteiger partial charge >= 0.3 is 5.97 Å². The van der Waals surface area contributed by atoms with E-state index in [2.05, 4.69) is 4.98 Å². The lowest BCUT2D eigenvalue weighted by atomic mass is 10.2. The number of benzene rings is 1. The Labute approximate surface area is 141 Å². The van der Waals surface area contributed by atoms with Gasteiger partial charge in [0.15, 0.2) is 6.61 Å². The Hall–Kier alpha value is -2.80. The van der Waals surface area contributed by atoms with E-state index < -0.39 is 5.97 Å². The zero-order valence-electron chi connectivity index (χ0n) is 12.9. The molecule has 0 radical (unpaired) electrons. The second kappa shape index (κ2) is 6.76. The number of ketones is 1. The zero-order chi connectivity index (χ0) is 17.1. The minimum atomic E-state index is -0.657. The molecule has 0 aliphatic rings. The van der Waals surface area contributed by atoms with E-state index >= 15 is 0 Å². The van der Waals surface area contributed by atoms with Gasteiger partial charge in [-0.1, -0.05) is 12.1 Å². The summed E-state index contributed by atoms with van der Waals surface area (Å²) in [6.07, 6.45) is 1.30. The Morgan fingerprint density at radius 1 is 1.21 bits per heavy atom. The van der Waals surface area contributed by atoms with E-state index in [1.165, 1.54) is 22.2 Å². The molecular weight excluding hydrogens is 328 g/mol. The van der Waals surface area contributed by atoms with Gasteiger partial charge in [0.05, 0.1) is 22.1 Å². The average Bonchev–Trinajstić information content (AvgIpc) is 3.02. The number of hydrogen-bond donors (Lipinski definition) is 0. The van der Waals surface area contributed by atoms with Gasteiger partial charge in [-0.15, -0.1) is 11.3 Å². The Morgan fingerprint density at radius 3 is 2.75 bits per heavy atom. The van der Waals surface area contributed by atoms with Crippen molar-refractivity contribution in [1.29, 1.82) is 0 Å². The van der Waals surface area contributed by atoms with E-state index in [4.69, 9.17) is 4.74 Å². The van der Waals surface area contributed by atoms with Crippen molar-refractivity contribution >= 4 is 34.0 Å². The van der Waals surface area contributed by atoms with Gasteiger partial charge in [-0.05, 0) is 31.2 Å². The number of esters is 1. The van der Waals surface area contributed by atoms with Gasteiger partial charge in [0.2, 0.25) is 5.78 Å². The second-order valence-corrected chi connectivity index (χ2v) is 6.48. The normalized spacial score (nSPS) is 10.7. The summed E-state index contributed by atoms with van der Waals surface area (Å²) in [7, 11) is 0. The fraction of sp³-hybridized carbons (Fsp3) is 0.176. The molecule has 0 aliphatic heterocycles. The van der Waals surface area contributed by atoms with Crippen LogP contribution in [-0.4, -0.2) is 27.9 Å². The Morgan fingerprint density at radius 2 is 2.00 bits per heavy atom. The second-order valence-electron chi connectivity index (χ2n) is 5.19. The van der Waals surface area contributed by atoms with Gasteiger partial charge in [-0.3, -0.25) is 19.0 Å². The molecule has 0 N–H and O–H groups in total. The van der Waals surface area contributed by atoms with Crippen LogP contribution in [0.5, 0.6) is 0 Å². The van der Waals surface area contributed by atoms with Crippen LogP contribution in [0.1, 0.15) is 14.5 Å². The average molecular weight is 342 g/mol. The van der Waals surface area contributed by atoms with Crippen LogP contribution in [0.2, 0.25) is 0 Å². The van der Waals surface area contributed by atoms with Crippen LogP contribution in [0, 0.1) is 6.92 Å². The van der Waals surface area contributed by atoms with E-state index in [0.717, 1.165) is 4.88 Å². The van der Waals surface area contributed by atoms with Crippen LogP contribution in [-0.2, 0) is 16.1 Å². The first kappa shape index (κ1) is 16.1. The molecule has 0 atom stereocenters. The molecule has 122 valence electrons. The van der Waals surface area contributed by atoms with Gasteiger partial charge in [-0.25, -0.2) is 4.98 Å². The van der Waals surface area contributed by atoms with Gasteiger partial charge in [-0.2, -0.15) is 0 Å². The molecule has 6 nitrogen and oxygen atoms in total. The molecule has 2 heterocycles. The maximum absolute atomic E-state index is 12.3. The molecule has 0 spiro atoms. The van der Waals surface area contributed by atoms with Crippen molar-refractivity contribution in [2.75, 3.05) is 6.61 Å². The molecule has 0 unspecified atom stereocenters. The van der Waals surface area contributed by atoms with Crippen molar-refractivity contribution in [3.8, 4) is 0 Å². The number of para-hydroxylation sites is 1. The highest BCUT2D eigenvalue weighted by molar-refractivity contribution is 7.14. The van der Waals surface area contributed by atoms with Crippen LogP contribution in [0.15, 0.2) is 47.5 Å². The number of rotatable bonds is 5. The van der Waals surface area contributed by atoms with Gasteiger partial charge in [0.25, 0.3) is 5.56 Å². The van der Waals surface area contributed by atoms with Gasteiger partial charge < -0.3 is 4.74 Å². The minimum Gasteiger partial charge on any atom is -0.456 e. The lowest BCUT2D eigenvalue weighted by molar-refractivity contribution is -0.143. The number of aromatic nitrogens is 2. The quantitative estimate of drug-likeness (QED) is 0.525. The number of Topliss-reactive ketones (excluding diaryl/α,β-unsaturated/α-hetero) is 1. The highest BCUT2D eigenvalue weighted by atomic mass is 32.1. The van der Waals surface area contributed by atoms with Crippen LogP contribution in [0.3, 0.4) is 0 Å². The molecule has 0 bridgehead atoms. The van der Waals surface area contributed by atoms with Crippen molar-refractivity contribution in [2.24, 2.45) is 0 Å². The third-order valence-corrected chi connectivity index (χ3v) is 4.45. The number of ether oxygens (including phenoxy) is 1. The van der Waals surface area contributed by atoms with Crippen molar-refractivity contribution < 1.29 is 14.3 Å². The van der Waals surface area contributed by atoms with Crippen LogP contribution in [0.25, 0.3) is 10.9 Å². The third-order valence-electron chi connectivity index (χ3n) is 3.41. The molecular formula is C17H14N2O4S. The number of thiophene rings is 1. The predicted octanol–water partition coefficient (Wildman–Crippen LogP) is 2.19. The van der Waals surface area contributed by atoms with Crippen LogP contribution in [0.4, 0.5) is 0 Å². The van der Waals surface area contributed by atoms with Crippen LogP contribution < -0.4 is 5.56 Å². The van der Waals surface area contributed by atoms with E-state index in [1.807, 2.05) is 13.0 Å². The Bertz CT molecular complexity index is 974. The Balaban J connectivity index is 1.66. The highest BCUT2D eigenvalue weighted by Crippen LogP contribution is 2.15. The topological polar surface area (TPSA) is 78.3 Å². The fourth-order valence-electron chi connectivity index (χ4n) is 2.21. The highest BCUT2D eigenvalue weighted by Gasteiger charge is 2.13. The molecule has 2 aromatic heterocycles. The molecule has 1 aromatic carbocycles. The molecule has 3 rings (SSSR count). The summed E-state index contributed by atoms with van der Waals surface area (Å²) in [5.74, 6) is -0.916. The summed E-state index contributed by atoms with van der Waals surface area (Å²) >= 11 is 1.35. The van der Waals surface area contributed by atoms with E-state index in [0.29, 0.717) is 15.8 Å². The SMILES string of the molecule is Cc1ccc(C(=O)COC(=O)Cn2cnc3ccccc3c2=O)s1. The molecule has 0 aliphatic carbocycles. The molecule has 0 fully saturated rings. The standard InChI is InChI=1S/C17H14N2O4S/c1-11-6-7-15(24-11)14(20)9-23-16(21)8-19-10-18-13-5-3-2-4-12(13)17(19)22/h2-7,10H,8-9H2,1H3. The predicted molar refractivity (Wildman–Crippen MR) is 90.3 cm³/mol. The van der Waals surface area contributed by atoms with Crippen molar-refractivity contribution in [3.05, 3.63) is 62.8 Å². The largest absolute Gasteiger partial charge is 0.456 e. The molecule has 3 aromatic rings. The third kappa shape index (κ3) is 3.41. The molecule has 24 heavy (non-hydrogen) atoms. The first-order valence-corrected chi connectivity index (χ1v) is 8.05. The lowest BCUT2D eigenvalue weighted by Gasteiger charge is -2.06. The summed E-state index contributed by atoms with van der Waals surface area (Å²) in [4.78, 5) is 41.8. The number of carbonyl (C=O) groups excluding carboxylic acids is 2. The first-order valence-electron chi connectivity index (χ1n) is 7.24. The molecule has 0 saturated heterocycles. The summed E-state index contributed by atoms with van der Waals surface area (Å²) in [5, 5.41) is 0.429. The monoisotopic (exact) mass is 342 g/mol. The lowest BCUT2D eigenvalue weighted by Crippen LogP contribution is -2.26. The smallest absolute Gasteiger partial charge is 0.326 e. The maximum atomic E-state index is 12.3. The van der Waals surface area contributed by atoms with E-state index in [1.54, 1.807) is 30.3 Å². The summed E-state index contributed by atoms with van der Waals surface area (Å²) in [5.41, 5.74) is 0.244. The van der Waals surface area contributed by atoms with Crippen molar-refractivity contribution in [2.45, 2.75) is 13.5 Å². The number of fused-ring (bicyclic) bond motifs is 1. The van der Waals surface area contributed by atoms with Gasteiger partial charge in [0, 0.05) is 4.88 Å². The van der Waals surface area contributed by atoms with E-state index in [-0.39, 0.29) is 24.5 Å². The van der Waals surface area contributed by atoms with Crippen LogP contribution >= 0.6 is 11.3 Å². The van der Waals surface area contributed by atoms with E-state index in [9.17, 15) is 14.4 Å². The summed E-state index contributed by atoms with van der Waals surface area (Å²) in [6.45, 7) is 1.27. The molecule has 0 saturated carbocycles. The fourth-order valence-corrected chi connectivity index (χ4v) is 3.00. The molecule has 7 heteroatoms. The number of aryl methyl sites for hydroxylation is 1. The number of nitrogens with zero attached hydrogens (tertiary/aromatic N) is 2. The summed E-state index contributed by atoms with van der Waals surface area (Å²) < 4.78 is 6.14. The number of carbonyl (C=O) groups is 2. The molecule has 0 amide bonds. The zero-order valence-corrected chi connectivity index (χ0v) is 13.7. The summed E-state index contributed by atoms with van der Waals surface area (Å²) in [6, 6.07) is 10.4. The Kier molecular flexibility index (Phi) is 4.52.